The van der Waals surface area contributed by atoms with Gasteiger partial charge in [-0.15, -0.1) is 0 Å². The molecule has 0 aliphatic heterocycles. The monoisotopic (exact) mass is 376 g/mol. The molecule has 0 unspecified atom stereocenters. The predicted octanol–water partition coefficient (Wildman–Crippen LogP) is 1.93. The molecule has 6 nitrogen and oxygen atoms in total. The molecular formula is C15H15F3N2O4S. The smallest absolute Gasteiger partial charge is 0.424 e. The lowest BCUT2D eigenvalue weighted by molar-refractivity contribution is -0.212. The zero-order chi connectivity index (χ0) is 18.9. The van der Waals surface area contributed by atoms with Crippen molar-refractivity contribution in [3.8, 4) is 0 Å². The van der Waals surface area contributed by atoms with Gasteiger partial charge in [-0.1, -0.05) is 18.2 Å². The molecule has 1 atom stereocenters. The van der Waals surface area contributed by atoms with E-state index >= 15 is 0 Å². The van der Waals surface area contributed by atoms with E-state index in [-0.39, 0.29) is 0 Å². The number of ether oxygens (including phenoxy) is 1. The number of halogens is 3. The van der Waals surface area contributed by atoms with Gasteiger partial charge in [0.25, 0.3) is 5.54 Å². The number of nitrogens with zero attached hydrogens (tertiary/aromatic N) is 1. The topological polar surface area (TPSA) is 77.4 Å². The van der Waals surface area contributed by atoms with E-state index in [0.29, 0.717) is 0 Å². The van der Waals surface area contributed by atoms with E-state index in [1.807, 2.05) is 0 Å². The predicted molar refractivity (Wildman–Crippen MR) is 81.9 cm³/mol. The summed E-state index contributed by atoms with van der Waals surface area (Å²) in [5.41, 5.74) is -4.21. The van der Waals surface area contributed by atoms with E-state index in [9.17, 15) is 26.4 Å². The number of nitrogens with one attached hydrogen (secondary N) is 1. The van der Waals surface area contributed by atoms with Gasteiger partial charge >= 0.3 is 12.1 Å². The third-order valence-corrected chi connectivity index (χ3v) is 5.05. The fourth-order valence-corrected chi connectivity index (χ4v) is 3.72. The molecule has 1 N–H and O–H groups in total. The first-order valence-corrected chi connectivity index (χ1v) is 8.40. The van der Waals surface area contributed by atoms with Crippen LogP contribution in [0.2, 0.25) is 0 Å². The van der Waals surface area contributed by atoms with Crippen LogP contribution in [0.3, 0.4) is 0 Å². The summed E-state index contributed by atoms with van der Waals surface area (Å²) in [5.74, 6) is -1.79. The minimum atomic E-state index is -5.30. The van der Waals surface area contributed by atoms with Crippen molar-refractivity contribution in [1.82, 2.24) is 9.29 Å². The Morgan fingerprint density at radius 2 is 1.72 bits per heavy atom. The summed E-state index contributed by atoms with van der Waals surface area (Å²) < 4.78 is 73.7. The molecule has 2 rings (SSSR count). The Morgan fingerprint density at radius 3 is 2.16 bits per heavy atom. The second-order valence-corrected chi connectivity index (χ2v) is 6.84. The quantitative estimate of drug-likeness (QED) is 0.809. The van der Waals surface area contributed by atoms with Gasteiger partial charge < -0.3 is 9.30 Å². The molecule has 10 heteroatoms. The summed E-state index contributed by atoms with van der Waals surface area (Å²) in [7, 11) is -2.67. The van der Waals surface area contributed by atoms with Crippen LogP contribution in [0.1, 0.15) is 5.69 Å². The average Bonchev–Trinajstić information content (AvgIpc) is 2.98. The van der Waals surface area contributed by atoms with Gasteiger partial charge in [-0.3, -0.25) is 0 Å². The summed E-state index contributed by atoms with van der Waals surface area (Å²) >= 11 is 0. The maximum absolute atomic E-state index is 14.0. The number of rotatable bonds is 5. The van der Waals surface area contributed by atoms with Crippen molar-refractivity contribution in [2.75, 3.05) is 7.11 Å². The van der Waals surface area contributed by atoms with Crippen LogP contribution in [0.4, 0.5) is 13.2 Å². The van der Waals surface area contributed by atoms with Gasteiger partial charge in [0, 0.05) is 13.2 Å². The number of carbonyl (C=O) groups is 1. The molecular weight excluding hydrogens is 361 g/mol. The molecule has 0 radical (unpaired) electrons. The van der Waals surface area contributed by atoms with Crippen LogP contribution in [0.15, 0.2) is 53.6 Å². The van der Waals surface area contributed by atoms with Crippen molar-refractivity contribution in [2.24, 2.45) is 7.05 Å². The number of carbonyl (C=O) groups excluding carboxylic acids is 1. The van der Waals surface area contributed by atoms with Gasteiger partial charge in [-0.05, 0) is 24.3 Å². The lowest BCUT2D eigenvalue weighted by atomic mass is 9.95. The molecule has 25 heavy (non-hydrogen) atoms. The second kappa shape index (κ2) is 6.52. The maximum atomic E-state index is 14.0. The molecule has 0 spiro atoms. The van der Waals surface area contributed by atoms with Crippen LogP contribution in [-0.4, -0.2) is 32.2 Å². The maximum Gasteiger partial charge on any atom is 0.424 e. The van der Waals surface area contributed by atoms with E-state index in [1.54, 1.807) is 0 Å². The highest BCUT2D eigenvalue weighted by atomic mass is 32.2. The Kier molecular flexibility index (Phi) is 4.96. The van der Waals surface area contributed by atoms with Crippen LogP contribution >= 0.6 is 0 Å². The van der Waals surface area contributed by atoms with Gasteiger partial charge in [-0.25, -0.2) is 13.2 Å². The number of aryl methyl sites for hydroxylation is 1. The number of esters is 1. The third kappa shape index (κ3) is 3.27. The Labute approximate surface area is 142 Å². The highest BCUT2D eigenvalue weighted by Crippen LogP contribution is 2.41. The molecule has 0 aliphatic rings. The van der Waals surface area contributed by atoms with E-state index in [0.717, 1.165) is 29.9 Å². The minimum Gasteiger partial charge on any atom is -0.467 e. The van der Waals surface area contributed by atoms with Gasteiger partial charge in [-0.2, -0.15) is 17.9 Å². The fourth-order valence-electron chi connectivity index (χ4n) is 2.38. The molecule has 0 saturated heterocycles. The lowest BCUT2D eigenvalue weighted by Gasteiger charge is -2.33. The number of sulfonamides is 1. The zero-order valence-electron chi connectivity index (χ0n) is 13.2. The highest BCUT2D eigenvalue weighted by Gasteiger charge is 2.66. The number of alkyl halides is 3. The first-order chi connectivity index (χ1) is 11.6. The van der Waals surface area contributed by atoms with Gasteiger partial charge in [0.1, 0.15) is 0 Å². The van der Waals surface area contributed by atoms with Crippen molar-refractivity contribution in [2.45, 2.75) is 16.6 Å². The lowest BCUT2D eigenvalue weighted by Crippen LogP contribution is -2.62. The summed E-state index contributed by atoms with van der Waals surface area (Å²) in [6.45, 7) is 0. The average molecular weight is 376 g/mol. The third-order valence-electron chi connectivity index (χ3n) is 3.59. The van der Waals surface area contributed by atoms with Crippen molar-refractivity contribution < 1.29 is 31.1 Å². The largest absolute Gasteiger partial charge is 0.467 e. The molecule has 0 bridgehead atoms. The summed E-state index contributed by atoms with van der Waals surface area (Å²) in [4.78, 5) is 11.7. The van der Waals surface area contributed by atoms with Crippen molar-refractivity contribution in [3.63, 3.8) is 0 Å². The van der Waals surface area contributed by atoms with E-state index < -0.39 is 38.3 Å². The van der Waals surface area contributed by atoms with E-state index in [2.05, 4.69) is 4.74 Å². The first-order valence-electron chi connectivity index (χ1n) is 6.92. The molecule has 1 heterocycles. The van der Waals surface area contributed by atoms with Crippen LogP contribution in [-0.2, 0) is 32.1 Å². The fraction of sp³-hybridized carbons (Fsp3) is 0.267. The molecule has 2 aromatic rings. The number of hydrogen-bond donors (Lipinski definition) is 1. The molecule has 1 aromatic heterocycles. The minimum absolute atomic E-state index is 0.415. The van der Waals surface area contributed by atoms with E-state index in [1.165, 1.54) is 42.2 Å². The van der Waals surface area contributed by atoms with Crippen LogP contribution in [0.25, 0.3) is 0 Å². The SMILES string of the molecule is COC(=O)[C@](NS(=O)(=O)c1ccccc1)(c1cccn1C)C(F)(F)F. The number of benzene rings is 1. The first kappa shape index (κ1) is 19.0. The van der Waals surface area contributed by atoms with Crippen LogP contribution < -0.4 is 4.72 Å². The molecule has 0 amide bonds. The molecule has 136 valence electrons. The molecule has 0 aliphatic carbocycles. The van der Waals surface area contributed by atoms with Crippen molar-refractivity contribution in [3.05, 3.63) is 54.4 Å². The standard InChI is InChI=1S/C15H15F3N2O4S/c1-20-10-6-9-12(20)14(13(21)24-2,15(16,17)18)19-25(22,23)11-7-4-3-5-8-11/h3-10,19H,1-2H3/t14-/m1/s1. The highest BCUT2D eigenvalue weighted by molar-refractivity contribution is 7.89. The Hall–Kier alpha value is -2.33. The molecule has 1 aromatic carbocycles. The molecule has 0 fully saturated rings. The number of aromatic nitrogens is 1. The van der Waals surface area contributed by atoms with Gasteiger partial charge in [0.2, 0.25) is 10.0 Å². The Bertz CT molecular complexity index is 862. The summed E-state index contributed by atoms with van der Waals surface area (Å²) in [5, 5.41) is 0. The summed E-state index contributed by atoms with van der Waals surface area (Å²) in [6.07, 6.45) is -4.04. The summed E-state index contributed by atoms with van der Waals surface area (Å²) in [6, 6.07) is 8.70. The van der Waals surface area contributed by atoms with Crippen LogP contribution in [0.5, 0.6) is 0 Å². The second-order valence-electron chi connectivity index (χ2n) is 5.16. The number of methoxy groups -OCH3 is 1. The Morgan fingerprint density at radius 1 is 1.12 bits per heavy atom. The van der Waals surface area contributed by atoms with Crippen LogP contribution in [0, 0.1) is 0 Å². The van der Waals surface area contributed by atoms with E-state index in [4.69, 9.17) is 0 Å². The van der Waals surface area contributed by atoms with Gasteiger partial charge in [0.05, 0.1) is 17.7 Å². The molecule has 0 saturated carbocycles. The Balaban J connectivity index is 2.72. The number of hydrogen-bond acceptors (Lipinski definition) is 4. The van der Waals surface area contributed by atoms with Gasteiger partial charge in [0.15, 0.2) is 0 Å². The zero-order valence-corrected chi connectivity index (χ0v) is 14.1. The van der Waals surface area contributed by atoms with Crippen molar-refractivity contribution >= 4 is 16.0 Å². The van der Waals surface area contributed by atoms with Crippen molar-refractivity contribution in [1.29, 1.82) is 0 Å². The normalized spacial score (nSPS) is 14.8.